The number of piperidine rings is 1. The normalized spacial score (nSPS) is 15.1. The van der Waals surface area contributed by atoms with Crippen LogP contribution in [0, 0.1) is 6.92 Å². The highest BCUT2D eigenvalue weighted by Crippen LogP contribution is 2.15. The molecule has 1 aliphatic heterocycles. The maximum absolute atomic E-state index is 12.0. The highest BCUT2D eigenvalue weighted by Gasteiger charge is 2.21. The van der Waals surface area contributed by atoms with Gasteiger partial charge in [-0.1, -0.05) is 6.07 Å². The molecule has 0 spiro atoms. The van der Waals surface area contributed by atoms with E-state index in [0.717, 1.165) is 43.0 Å². The fourth-order valence-corrected chi connectivity index (χ4v) is 2.81. The molecule has 2 aromatic rings. The molecule has 1 aliphatic rings. The molecule has 1 fully saturated rings. The van der Waals surface area contributed by atoms with Crippen LogP contribution in [0.2, 0.25) is 0 Å². The van der Waals surface area contributed by atoms with E-state index in [1.54, 1.807) is 24.8 Å². The van der Waals surface area contributed by atoms with E-state index >= 15 is 0 Å². The number of urea groups is 1. The van der Waals surface area contributed by atoms with Crippen molar-refractivity contribution in [2.24, 2.45) is 0 Å². The summed E-state index contributed by atoms with van der Waals surface area (Å²) >= 11 is 0. The number of nitrogens with zero attached hydrogens (tertiary/aromatic N) is 4. The summed E-state index contributed by atoms with van der Waals surface area (Å²) < 4.78 is 0. The molecule has 0 aromatic carbocycles. The average molecular weight is 326 g/mol. The van der Waals surface area contributed by atoms with Crippen LogP contribution < -0.4 is 15.5 Å². The van der Waals surface area contributed by atoms with Gasteiger partial charge in [-0.05, 0) is 37.0 Å². The Kier molecular flexibility index (Phi) is 5.20. The fraction of sp³-hybridized carbons (Fsp3) is 0.412. The summed E-state index contributed by atoms with van der Waals surface area (Å²) in [6.45, 7) is 4.16. The first kappa shape index (κ1) is 16.2. The molecule has 0 unspecified atom stereocenters. The molecular formula is C17H22N6O. The van der Waals surface area contributed by atoms with E-state index in [1.165, 1.54) is 0 Å². The van der Waals surface area contributed by atoms with Crippen LogP contribution in [-0.2, 0) is 6.54 Å². The number of nitrogens with one attached hydrogen (secondary N) is 2. The van der Waals surface area contributed by atoms with Crippen molar-refractivity contribution in [1.29, 1.82) is 0 Å². The molecule has 0 radical (unpaired) electrons. The number of pyridine rings is 1. The van der Waals surface area contributed by atoms with Gasteiger partial charge in [0, 0.05) is 50.5 Å². The van der Waals surface area contributed by atoms with E-state index in [0.29, 0.717) is 6.54 Å². The third-order valence-electron chi connectivity index (χ3n) is 4.05. The van der Waals surface area contributed by atoms with Gasteiger partial charge in [-0.3, -0.25) is 4.98 Å². The Balaban J connectivity index is 1.42. The number of rotatable bonds is 4. The zero-order chi connectivity index (χ0) is 16.8. The first-order chi connectivity index (χ1) is 11.7. The van der Waals surface area contributed by atoms with Crippen molar-refractivity contribution in [3.8, 4) is 0 Å². The topological polar surface area (TPSA) is 83.0 Å². The first-order valence-electron chi connectivity index (χ1n) is 8.17. The average Bonchev–Trinajstić information content (AvgIpc) is 2.61. The lowest BCUT2D eigenvalue weighted by Gasteiger charge is -2.32. The van der Waals surface area contributed by atoms with Crippen molar-refractivity contribution in [3.05, 3.63) is 48.0 Å². The van der Waals surface area contributed by atoms with Crippen molar-refractivity contribution in [1.82, 2.24) is 25.6 Å². The Morgan fingerprint density at radius 1 is 1.25 bits per heavy atom. The van der Waals surface area contributed by atoms with Crippen LogP contribution in [0.3, 0.4) is 0 Å². The Morgan fingerprint density at radius 2 is 2.00 bits per heavy atom. The van der Waals surface area contributed by atoms with Crippen molar-refractivity contribution < 1.29 is 4.79 Å². The van der Waals surface area contributed by atoms with Crippen LogP contribution in [0.25, 0.3) is 0 Å². The minimum atomic E-state index is -0.133. The number of amides is 2. The third-order valence-corrected chi connectivity index (χ3v) is 4.05. The minimum Gasteiger partial charge on any atom is -0.341 e. The van der Waals surface area contributed by atoms with Crippen molar-refractivity contribution >= 4 is 12.0 Å². The fourth-order valence-electron chi connectivity index (χ4n) is 2.81. The van der Waals surface area contributed by atoms with Crippen LogP contribution in [0.4, 0.5) is 10.7 Å². The molecule has 2 amide bonds. The maximum atomic E-state index is 12.0. The van der Waals surface area contributed by atoms with Crippen LogP contribution in [0.1, 0.15) is 24.0 Å². The lowest BCUT2D eigenvalue weighted by atomic mass is 10.1. The Bertz CT molecular complexity index is 670. The van der Waals surface area contributed by atoms with Gasteiger partial charge >= 0.3 is 6.03 Å². The summed E-state index contributed by atoms with van der Waals surface area (Å²) in [7, 11) is 0. The van der Waals surface area contributed by atoms with Crippen LogP contribution >= 0.6 is 0 Å². The summed E-state index contributed by atoms with van der Waals surface area (Å²) in [6, 6.07) is 3.88. The lowest BCUT2D eigenvalue weighted by Crippen LogP contribution is -2.48. The Morgan fingerprint density at radius 3 is 2.71 bits per heavy atom. The first-order valence-corrected chi connectivity index (χ1v) is 8.17. The second-order valence-electron chi connectivity index (χ2n) is 6.01. The molecule has 0 saturated carbocycles. The van der Waals surface area contributed by atoms with Crippen LogP contribution in [0.15, 0.2) is 36.9 Å². The van der Waals surface area contributed by atoms with Gasteiger partial charge in [0.05, 0.1) is 0 Å². The number of aromatic nitrogens is 3. The van der Waals surface area contributed by atoms with E-state index in [1.807, 2.05) is 19.1 Å². The number of hydrogen-bond acceptors (Lipinski definition) is 5. The number of carbonyl (C=O) groups excluding carboxylic acids is 1. The van der Waals surface area contributed by atoms with E-state index in [-0.39, 0.29) is 12.1 Å². The minimum absolute atomic E-state index is 0.133. The number of hydrogen-bond donors (Lipinski definition) is 2. The number of aryl methyl sites for hydroxylation is 1. The molecular weight excluding hydrogens is 304 g/mol. The molecule has 7 heteroatoms. The molecule has 2 aromatic heterocycles. The smallest absolute Gasteiger partial charge is 0.315 e. The molecule has 0 bridgehead atoms. The van der Waals surface area contributed by atoms with Crippen LogP contribution in [-0.4, -0.2) is 40.1 Å². The van der Waals surface area contributed by atoms with E-state index in [4.69, 9.17) is 0 Å². The highest BCUT2D eigenvalue weighted by atomic mass is 16.2. The van der Waals surface area contributed by atoms with Gasteiger partial charge in [0.25, 0.3) is 0 Å². The quantitative estimate of drug-likeness (QED) is 0.892. The molecule has 7 nitrogen and oxygen atoms in total. The highest BCUT2D eigenvalue weighted by molar-refractivity contribution is 5.74. The lowest BCUT2D eigenvalue weighted by molar-refractivity contribution is 0.234. The van der Waals surface area contributed by atoms with Crippen molar-refractivity contribution in [2.45, 2.75) is 32.4 Å². The van der Waals surface area contributed by atoms with Crippen molar-refractivity contribution in [2.75, 3.05) is 18.0 Å². The van der Waals surface area contributed by atoms with Gasteiger partial charge in [-0.15, -0.1) is 0 Å². The van der Waals surface area contributed by atoms with Crippen LogP contribution in [0.5, 0.6) is 0 Å². The molecule has 3 rings (SSSR count). The number of anilines is 1. The predicted molar refractivity (Wildman–Crippen MR) is 91.6 cm³/mol. The van der Waals surface area contributed by atoms with E-state index < -0.39 is 0 Å². The van der Waals surface area contributed by atoms with Gasteiger partial charge in [0.15, 0.2) is 0 Å². The SMILES string of the molecule is Cc1cncc(CNC(=O)NC2CCN(c3ncccn3)CC2)c1. The monoisotopic (exact) mass is 326 g/mol. The summed E-state index contributed by atoms with van der Waals surface area (Å²) in [4.78, 5) is 26.8. The van der Waals surface area contributed by atoms with Gasteiger partial charge in [0.1, 0.15) is 0 Å². The molecule has 2 N–H and O–H groups in total. The molecule has 0 aliphatic carbocycles. The zero-order valence-electron chi connectivity index (χ0n) is 13.8. The van der Waals surface area contributed by atoms with Gasteiger partial charge < -0.3 is 15.5 Å². The maximum Gasteiger partial charge on any atom is 0.315 e. The molecule has 126 valence electrons. The second kappa shape index (κ2) is 7.72. The molecule has 24 heavy (non-hydrogen) atoms. The standard InChI is InChI=1S/C17H22N6O/c1-13-9-14(11-18-10-13)12-21-17(24)22-15-3-7-23(8-4-15)16-19-5-2-6-20-16/h2,5-6,9-11,15H,3-4,7-8,12H2,1H3,(H2,21,22,24). The third kappa shape index (κ3) is 4.41. The van der Waals surface area contributed by atoms with Gasteiger partial charge in [-0.25, -0.2) is 14.8 Å². The van der Waals surface area contributed by atoms with Gasteiger partial charge in [0.2, 0.25) is 5.95 Å². The van der Waals surface area contributed by atoms with Gasteiger partial charge in [-0.2, -0.15) is 0 Å². The molecule has 3 heterocycles. The number of carbonyl (C=O) groups is 1. The largest absolute Gasteiger partial charge is 0.341 e. The summed E-state index contributed by atoms with van der Waals surface area (Å²) in [5, 5.41) is 5.93. The summed E-state index contributed by atoms with van der Waals surface area (Å²) in [5.74, 6) is 0.757. The Hall–Kier alpha value is -2.70. The van der Waals surface area contributed by atoms with Crippen molar-refractivity contribution in [3.63, 3.8) is 0 Å². The van der Waals surface area contributed by atoms with E-state index in [9.17, 15) is 4.79 Å². The Labute approximate surface area is 141 Å². The van der Waals surface area contributed by atoms with E-state index in [2.05, 4.69) is 30.5 Å². The summed E-state index contributed by atoms with van der Waals surface area (Å²) in [6.07, 6.45) is 8.84. The predicted octanol–water partition coefficient (Wildman–Crippen LogP) is 1.65. The molecule has 0 atom stereocenters. The summed E-state index contributed by atoms with van der Waals surface area (Å²) in [5.41, 5.74) is 2.09. The second-order valence-corrected chi connectivity index (χ2v) is 6.01. The molecule has 1 saturated heterocycles. The zero-order valence-corrected chi connectivity index (χ0v) is 13.8.